The number of urea groups is 1. The summed E-state index contributed by atoms with van der Waals surface area (Å²) in [5.41, 5.74) is 2.09. The van der Waals surface area contributed by atoms with Crippen LogP contribution in [0.2, 0.25) is 0 Å². The van der Waals surface area contributed by atoms with E-state index in [-0.39, 0.29) is 12.1 Å². The fourth-order valence-corrected chi connectivity index (χ4v) is 1.45. The fraction of sp³-hybridized carbons (Fsp3) is 0.750. The minimum atomic E-state index is -1.11. The Labute approximate surface area is 81.8 Å². The van der Waals surface area contributed by atoms with E-state index in [9.17, 15) is 9.59 Å². The Morgan fingerprint density at radius 1 is 1.64 bits per heavy atom. The van der Waals surface area contributed by atoms with Gasteiger partial charge in [0.05, 0.1) is 0 Å². The molecule has 0 aromatic carbocycles. The number of hydroxylamine groups is 1. The Morgan fingerprint density at radius 2 is 2.36 bits per heavy atom. The molecule has 0 radical (unpaired) electrons. The number of hydrogen-bond acceptors (Lipinski definition) is 3. The van der Waals surface area contributed by atoms with Crippen molar-refractivity contribution in [3.05, 3.63) is 0 Å². The van der Waals surface area contributed by atoms with Crippen molar-refractivity contribution in [2.75, 3.05) is 13.2 Å². The molecule has 2 amide bonds. The molecule has 0 aliphatic carbocycles. The van der Waals surface area contributed by atoms with Crippen LogP contribution in [0.1, 0.15) is 19.8 Å². The largest absolute Gasteiger partial charge is 0.479 e. The lowest BCUT2D eigenvalue weighted by Gasteiger charge is -2.20. The second-order valence-corrected chi connectivity index (χ2v) is 3.27. The molecule has 2 N–H and O–H groups in total. The van der Waals surface area contributed by atoms with Crippen molar-refractivity contribution >= 4 is 12.0 Å². The van der Waals surface area contributed by atoms with E-state index < -0.39 is 12.6 Å². The summed E-state index contributed by atoms with van der Waals surface area (Å²) in [4.78, 5) is 27.5. The van der Waals surface area contributed by atoms with E-state index >= 15 is 0 Å². The number of nitrogens with one attached hydrogen (secondary N) is 1. The van der Waals surface area contributed by atoms with Gasteiger partial charge < -0.3 is 10.0 Å². The van der Waals surface area contributed by atoms with Gasteiger partial charge in [0.2, 0.25) is 0 Å². The summed E-state index contributed by atoms with van der Waals surface area (Å²) in [6.07, 6.45) is 1.96. The summed E-state index contributed by atoms with van der Waals surface area (Å²) < 4.78 is 0. The van der Waals surface area contributed by atoms with Gasteiger partial charge in [0.15, 0.2) is 6.61 Å². The quantitative estimate of drug-likeness (QED) is 0.640. The van der Waals surface area contributed by atoms with Gasteiger partial charge in [-0.1, -0.05) is 0 Å². The maximum Gasteiger partial charge on any atom is 0.341 e. The van der Waals surface area contributed by atoms with Gasteiger partial charge in [0.25, 0.3) is 0 Å². The number of amides is 2. The number of carbonyl (C=O) groups excluding carboxylic acids is 1. The van der Waals surface area contributed by atoms with Crippen molar-refractivity contribution in [2.45, 2.75) is 25.8 Å². The Balaban J connectivity index is 2.24. The molecule has 1 rings (SSSR count). The van der Waals surface area contributed by atoms with Crippen LogP contribution in [0.5, 0.6) is 0 Å². The molecule has 6 heteroatoms. The molecule has 1 saturated heterocycles. The summed E-state index contributed by atoms with van der Waals surface area (Å²) in [5, 5.41) is 8.25. The first-order valence-electron chi connectivity index (χ1n) is 4.51. The van der Waals surface area contributed by atoms with Crippen LogP contribution >= 0.6 is 0 Å². The number of hydrogen-bond donors (Lipinski definition) is 2. The molecule has 1 aliphatic rings. The molecule has 0 bridgehead atoms. The van der Waals surface area contributed by atoms with Crippen molar-refractivity contribution in [3.63, 3.8) is 0 Å². The number of rotatable bonds is 3. The van der Waals surface area contributed by atoms with E-state index in [1.165, 1.54) is 0 Å². The molecular weight excluding hydrogens is 188 g/mol. The second kappa shape index (κ2) is 4.80. The molecule has 0 spiro atoms. The highest BCUT2D eigenvalue weighted by Crippen LogP contribution is 2.15. The molecule has 14 heavy (non-hydrogen) atoms. The SMILES string of the molecule is CC1CCCN1C(=O)NOCC(=O)O. The highest BCUT2D eigenvalue weighted by Gasteiger charge is 2.25. The van der Waals surface area contributed by atoms with Crippen molar-refractivity contribution in [1.29, 1.82) is 0 Å². The van der Waals surface area contributed by atoms with Gasteiger partial charge in [0, 0.05) is 12.6 Å². The molecule has 1 fully saturated rings. The maximum atomic E-state index is 11.3. The number of aliphatic carboxylic acids is 1. The number of carbonyl (C=O) groups is 2. The average molecular weight is 202 g/mol. The first-order chi connectivity index (χ1) is 6.61. The van der Waals surface area contributed by atoms with Crippen molar-refractivity contribution < 1.29 is 19.5 Å². The lowest BCUT2D eigenvalue weighted by Crippen LogP contribution is -2.42. The van der Waals surface area contributed by atoms with E-state index in [2.05, 4.69) is 10.3 Å². The van der Waals surface area contributed by atoms with Crippen LogP contribution in [0.25, 0.3) is 0 Å². The molecule has 80 valence electrons. The van der Waals surface area contributed by atoms with Crippen molar-refractivity contribution in [2.24, 2.45) is 0 Å². The molecule has 1 aliphatic heterocycles. The molecule has 6 nitrogen and oxygen atoms in total. The zero-order chi connectivity index (χ0) is 10.6. The van der Waals surface area contributed by atoms with Crippen LogP contribution in [0, 0.1) is 0 Å². The average Bonchev–Trinajstić information content (AvgIpc) is 2.50. The van der Waals surface area contributed by atoms with Gasteiger partial charge in [-0.15, -0.1) is 0 Å². The molecule has 1 heterocycles. The van der Waals surface area contributed by atoms with Crippen molar-refractivity contribution in [3.8, 4) is 0 Å². The standard InChI is InChI=1S/C8H14N2O4/c1-6-3-2-4-10(6)8(13)9-14-5-7(11)12/h6H,2-5H2,1H3,(H,9,13)(H,11,12). The summed E-state index contributed by atoms with van der Waals surface area (Å²) in [6.45, 7) is 2.13. The first kappa shape index (κ1) is 10.8. The van der Waals surface area contributed by atoms with Crippen LogP contribution in [0.15, 0.2) is 0 Å². The summed E-state index contributed by atoms with van der Waals surface area (Å²) in [6, 6.07) is -0.167. The van der Waals surface area contributed by atoms with E-state index in [1.54, 1.807) is 4.90 Å². The fourth-order valence-electron chi connectivity index (χ4n) is 1.45. The highest BCUT2D eigenvalue weighted by molar-refractivity contribution is 5.74. The summed E-state index contributed by atoms with van der Waals surface area (Å²) in [5.74, 6) is -1.11. The molecule has 1 atom stereocenters. The van der Waals surface area contributed by atoms with Gasteiger partial charge in [-0.2, -0.15) is 0 Å². The number of nitrogens with zero attached hydrogens (tertiary/aromatic N) is 1. The van der Waals surface area contributed by atoms with Gasteiger partial charge in [0.1, 0.15) is 0 Å². The Hall–Kier alpha value is -1.30. The normalized spacial score (nSPS) is 20.9. The van der Waals surface area contributed by atoms with Gasteiger partial charge >= 0.3 is 12.0 Å². The highest BCUT2D eigenvalue weighted by atomic mass is 16.7. The Bertz CT molecular complexity index is 231. The summed E-state index contributed by atoms with van der Waals surface area (Å²) in [7, 11) is 0. The number of carboxylic acid groups (broad SMARTS) is 1. The predicted molar refractivity (Wildman–Crippen MR) is 47.5 cm³/mol. The van der Waals surface area contributed by atoms with Gasteiger partial charge in [-0.25, -0.2) is 15.1 Å². The van der Waals surface area contributed by atoms with Gasteiger partial charge in [-0.3, -0.25) is 4.84 Å². The molecular formula is C8H14N2O4. The molecule has 1 unspecified atom stereocenters. The Kier molecular flexibility index (Phi) is 3.70. The minimum Gasteiger partial charge on any atom is -0.479 e. The lowest BCUT2D eigenvalue weighted by atomic mass is 10.2. The third-order valence-electron chi connectivity index (χ3n) is 2.17. The van der Waals surface area contributed by atoms with Crippen LogP contribution in [-0.4, -0.2) is 41.2 Å². The monoisotopic (exact) mass is 202 g/mol. The third kappa shape index (κ3) is 2.88. The van der Waals surface area contributed by atoms with Crippen LogP contribution in [0.4, 0.5) is 4.79 Å². The molecule has 0 aromatic rings. The maximum absolute atomic E-state index is 11.3. The van der Waals surface area contributed by atoms with Crippen LogP contribution in [0.3, 0.4) is 0 Å². The summed E-state index contributed by atoms with van der Waals surface area (Å²) >= 11 is 0. The van der Waals surface area contributed by atoms with Crippen molar-refractivity contribution in [1.82, 2.24) is 10.4 Å². The minimum absolute atomic E-state index is 0.198. The van der Waals surface area contributed by atoms with E-state index in [0.29, 0.717) is 6.54 Å². The lowest BCUT2D eigenvalue weighted by molar-refractivity contribution is -0.144. The van der Waals surface area contributed by atoms with E-state index in [0.717, 1.165) is 12.8 Å². The van der Waals surface area contributed by atoms with E-state index in [4.69, 9.17) is 5.11 Å². The van der Waals surface area contributed by atoms with Crippen LogP contribution < -0.4 is 5.48 Å². The topological polar surface area (TPSA) is 78.9 Å². The zero-order valence-electron chi connectivity index (χ0n) is 8.02. The Morgan fingerprint density at radius 3 is 2.86 bits per heavy atom. The van der Waals surface area contributed by atoms with Gasteiger partial charge in [-0.05, 0) is 19.8 Å². The smallest absolute Gasteiger partial charge is 0.341 e. The van der Waals surface area contributed by atoms with E-state index in [1.807, 2.05) is 6.92 Å². The zero-order valence-corrected chi connectivity index (χ0v) is 8.02. The molecule has 0 saturated carbocycles. The first-order valence-corrected chi connectivity index (χ1v) is 4.51. The molecule has 0 aromatic heterocycles. The second-order valence-electron chi connectivity index (χ2n) is 3.27. The number of likely N-dealkylation sites (tertiary alicyclic amines) is 1. The number of carboxylic acids is 1. The predicted octanol–water partition coefficient (Wildman–Crippen LogP) is 0.196. The third-order valence-corrected chi connectivity index (χ3v) is 2.17. The van der Waals surface area contributed by atoms with Crippen LogP contribution in [-0.2, 0) is 9.63 Å².